The maximum atomic E-state index is 12.2. The molecular weight excluding hydrogens is 618 g/mol. The summed E-state index contributed by atoms with van der Waals surface area (Å²) in [7, 11) is 0. The Balaban J connectivity index is 1.13. The standard InChI is InChI=1S/C40H45N3O6/c44-28-30-10-12-32(13-11-30)37-24-35(27-43-22-20-42(21-23-43)26-29-6-2-1-3-7-29)48-40(49-37)33-16-14-31(15-17-33)36-9-5-4-8-34(36)25-41-38(45)18-19-39(46)47/h1-17,35,37,40,44H,18-28H2,(H,41,45)(H,46,47). The molecule has 4 aromatic carbocycles. The van der Waals surface area contributed by atoms with Gasteiger partial charge in [-0.25, -0.2) is 0 Å². The molecule has 3 N–H and O–H groups in total. The van der Waals surface area contributed by atoms with Crippen LogP contribution < -0.4 is 5.32 Å². The summed E-state index contributed by atoms with van der Waals surface area (Å²) in [6.07, 6.45) is -0.220. The summed E-state index contributed by atoms with van der Waals surface area (Å²) in [5.41, 5.74) is 7.14. The molecule has 2 saturated heterocycles. The normalized spacial score (nSPS) is 20.1. The number of nitrogens with zero attached hydrogens (tertiary/aromatic N) is 2. The molecule has 0 spiro atoms. The number of aliphatic hydroxyl groups is 1. The number of aliphatic hydroxyl groups excluding tert-OH is 1. The summed E-state index contributed by atoms with van der Waals surface area (Å²) in [5, 5.41) is 21.3. The molecule has 0 aromatic heterocycles. The van der Waals surface area contributed by atoms with Crippen LogP contribution in [0.1, 0.15) is 59.5 Å². The van der Waals surface area contributed by atoms with Crippen LogP contribution in [0.25, 0.3) is 11.1 Å². The van der Waals surface area contributed by atoms with Gasteiger partial charge in [-0.2, -0.15) is 0 Å². The lowest BCUT2D eigenvalue weighted by molar-refractivity contribution is -0.253. The van der Waals surface area contributed by atoms with E-state index < -0.39 is 12.3 Å². The molecular formula is C40H45N3O6. The molecule has 0 saturated carbocycles. The van der Waals surface area contributed by atoms with E-state index in [1.807, 2.05) is 72.8 Å². The third kappa shape index (κ3) is 9.62. The highest BCUT2D eigenvalue weighted by Crippen LogP contribution is 2.39. The van der Waals surface area contributed by atoms with E-state index >= 15 is 0 Å². The van der Waals surface area contributed by atoms with Crippen molar-refractivity contribution in [1.82, 2.24) is 15.1 Å². The maximum absolute atomic E-state index is 12.2. The number of ether oxygens (including phenoxy) is 2. The van der Waals surface area contributed by atoms with Crippen LogP contribution in [-0.4, -0.2) is 70.7 Å². The molecule has 3 unspecified atom stereocenters. The minimum absolute atomic E-state index is 0.00296. The van der Waals surface area contributed by atoms with Crippen molar-refractivity contribution < 1.29 is 29.3 Å². The second-order valence-electron chi connectivity index (χ2n) is 12.9. The molecule has 0 bridgehead atoms. The van der Waals surface area contributed by atoms with Crippen LogP contribution in [0.15, 0.2) is 103 Å². The highest BCUT2D eigenvalue weighted by molar-refractivity contribution is 5.80. The molecule has 9 heteroatoms. The number of rotatable bonds is 13. The van der Waals surface area contributed by atoms with E-state index in [0.717, 1.165) is 79.1 Å². The van der Waals surface area contributed by atoms with Gasteiger partial charge in [0.2, 0.25) is 5.91 Å². The van der Waals surface area contributed by atoms with E-state index in [1.54, 1.807) is 0 Å². The van der Waals surface area contributed by atoms with Gasteiger partial charge in [0.25, 0.3) is 0 Å². The van der Waals surface area contributed by atoms with Crippen LogP contribution >= 0.6 is 0 Å². The van der Waals surface area contributed by atoms with Gasteiger partial charge >= 0.3 is 5.97 Å². The summed E-state index contributed by atoms with van der Waals surface area (Å²) in [6, 6.07) is 34.7. The van der Waals surface area contributed by atoms with Gasteiger partial charge in [0.1, 0.15) is 0 Å². The van der Waals surface area contributed by atoms with Gasteiger partial charge in [-0.15, -0.1) is 0 Å². The minimum atomic E-state index is -0.990. The van der Waals surface area contributed by atoms with Gasteiger partial charge in [-0.1, -0.05) is 103 Å². The fraction of sp³-hybridized carbons (Fsp3) is 0.350. The number of benzene rings is 4. The Labute approximate surface area is 288 Å². The first kappa shape index (κ1) is 34.5. The summed E-state index contributed by atoms with van der Waals surface area (Å²) in [5.74, 6) is -1.28. The Kier molecular flexibility index (Phi) is 11.8. The Bertz CT molecular complexity index is 1660. The summed E-state index contributed by atoms with van der Waals surface area (Å²) in [4.78, 5) is 28.0. The number of carbonyl (C=O) groups excluding carboxylic acids is 1. The minimum Gasteiger partial charge on any atom is -0.481 e. The van der Waals surface area contributed by atoms with Gasteiger partial charge in [0, 0.05) is 64.2 Å². The third-order valence-electron chi connectivity index (χ3n) is 9.34. The van der Waals surface area contributed by atoms with Crippen molar-refractivity contribution in [3.63, 3.8) is 0 Å². The van der Waals surface area contributed by atoms with Crippen molar-refractivity contribution >= 4 is 11.9 Å². The first-order valence-corrected chi connectivity index (χ1v) is 17.1. The molecule has 2 aliphatic rings. The Hall–Kier alpha value is -4.38. The fourth-order valence-electron chi connectivity index (χ4n) is 6.57. The Morgan fingerprint density at radius 3 is 2.12 bits per heavy atom. The second-order valence-corrected chi connectivity index (χ2v) is 12.9. The predicted molar refractivity (Wildman–Crippen MR) is 187 cm³/mol. The lowest BCUT2D eigenvalue weighted by Gasteiger charge is -2.40. The van der Waals surface area contributed by atoms with Crippen molar-refractivity contribution in [3.05, 3.63) is 131 Å². The Morgan fingerprint density at radius 2 is 1.41 bits per heavy atom. The second kappa shape index (κ2) is 16.8. The summed E-state index contributed by atoms with van der Waals surface area (Å²) >= 11 is 0. The molecule has 49 heavy (non-hydrogen) atoms. The number of piperazine rings is 1. The molecule has 2 aliphatic heterocycles. The zero-order chi connectivity index (χ0) is 34.0. The first-order chi connectivity index (χ1) is 23.9. The molecule has 2 fully saturated rings. The molecule has 4 aromatic rings. The third-order valence-corrected chi connectivity index (χ3v) is 9.34. The first-order valence-electron chi connectivity index (χ1n) is 17.1. The fourth-order valence-corrected chi connectivity index (χ4v) is 6.57. The smallest absolute Gasteiger partial charge is 0.303 e. The van der Waals surface area contributed by atoms with Crippen molar-refractivity contribution in [2.24, 2.45) is 0 Å². The van der Waals surface area contributed by atoms with E-state index in [0.29, 0.717) is 6.54 Å². The number of nitrogens with one attached hydrogen (secondary N) is 1. The van der Waals surface area contributed by atoms with Crippen molar-refractivity contribution in [2.45, 2.75) is 57.5 Å². The summed E-state index contributed by atoms with van der Waals surface area (Å²) < 4.78 is 13.3. The van der Waals surface area contributed by atoms with Crippen molar-refractivity contribution in [1.29, 1.82) is 0 Å². The SMILES string of the molecule is O=C(O)CCC(=O)NCc1ccccc1-c1ccc(C2OC(CN3CCN(Cc4ccccc4)CC3)CC(c3ccc(CO)cc3)O2)cc1. The lowest BCUT2D eigenvalue weighted by Crippen LogP contribution is -2.49. The molecule has 9 nitrogen and oxygen atoms in total. The highest BCUT2D eigenvalue weighted by Gasteiger charge is 2.34. The van der Waals surface area contributed by atoms with Crippen LogP contribution in [0.5, 0.6) is 0 Å². The molecule has 3 atom stereocenters. The van der Waals surface area contributed by atoms with E-state index in [4.69, 9.17) is 14.6 Å². The number of aliphatic carboxylic acids is 1. The zero-order valence-electron chi connectivity index (χ0n) is 27.7. The van der Waals surface area contributed by atoms with E-state index in [1.165, 1.54) is 5.56 Å². The number of carboxylic acid groups (broad SMARTS) is 1. The molecule has 256 valence electrons. The molecule has 2 heterocycles. The molecule has 0 radical (unpaired) electrons. The predicted octanol–water partition coefficient (Wildman–Crippen LogP) is 5.69. The van der Waals surface area contributed by atoms with Crippen LogP contribution in [0, 0.1) is 0 Å². The quantitative estimate of drug-likeness (QED) is 0.167. The zero-order valence-corrected chi connectivity index (χ0v) is 27.7. The van der Waals surface area contributed by atoms with E-state index in [2.05, 4.69) is 45.4 Å². The van der Waals surface area contributed by atoms with E-state index in [9.17, 15) is 14.7 Å². The number of carbonyl (C=O) groups is 2. The van der Waals surface area contributed by atoms with Gasteiger partial charge in [0.15, 0.2) is 6.29 Å². The topological polar surface area (TPSA) is 112 Å². The maximum Gasteiger partial charge on any atom is 0.303 e. The monoisotopic (exact) mass is 663 g/mol. The van der Waals surface area contributed by atoms with E-state index in [-0.39, 0.29) is 37.6 Å². The molecule has 6 rings (SSSR count). The van der Waals surface area contributed by atoms with Gasteiger partial charge < -0.3 is 25.0 Å². The van der Waals surface area contributed by atoms with Crippen LogP contribution in [0.4, 0.5) is 0 Å². The van der Waals surface area contributed by atoms with Crippen molar-refractivity contribution in [2.75, 3.05) is 32.7 Å². The number of hydrogen-bond acceptors (Lipinski definition) is 7. The largest absolute Gasteiger partial charge is 0.481 e. The van der Waals surface area contributed by atoms with Crippen LogP contribution in [0.3, 0.4) is 0 Å². The van der Waals surface area contributed by atoms with Gasteiger partial charge in [-0.3, -0.25) is 19.4 Å². The average Bonchev–Trinajstić information content (AvgIpc) is 3.14. The Morgan fingerprint density at radius 1 is 0.735 bits per heavy atom. The number of hydrogen-bond donors (Lipinski definition) is 3. The van der Waals surface area contributed by atoms with Crippen LogP contribution in [-0.2, 0) is 38.8 Å². The number of carboxylic acids is 1. The lowest BCUT2D eigenvalue weighted by atomic mass is 9.97. The average molecular weight is 664 g/mol. The highest BCUT2D eigenvalue weighted by atomic mass is 16.7. The molecule has 0 aliphatic carbocycles. The van der Waals surface area contributed by atoms with Crippen LogP contribution in [0.2, 0.25) is 0 Å². The van der Waals surface area contributed by atoms with Gasteiger partial charge in [-0.05, 0) is 33.4 Å². The molecule has 1 amide bonds. The summed E-state index contributed by atoms with van der Waals surface area (Å²) in [6.45, 7) is 6.12. The van der Waals surface area contributed by atoms with Crippen molar-refractivity contribution in [3.8, 4) is 11.1 Å². The number of amides is 1. The van der Waals surface area contributed by atoms with Gasteiger partial charge in [0.05, 0.1) is 25.2 Å².